The highest BCUT2D eigenvalue weighted by Gasteiger charge is 2.45. The van der Waals surface area contributed by atoms with Gasteiger partial charge in [0.05, 0.1) is 19.8 Å². The normalized spacial score (nSPS) is 22.2. The van der Waals surface area contributed by atoms with Gasteiger partial charge in [-0.15, -0.1) is 0 Å². The lowest BCUT2D eigenvalue weighted by Gasteiger charge is -2.42. The van der Waals surface area contributed by atoms with Gasteiger partial charge in [-0.25, -0.2) is 0 Å². The zero-order valence-corrected chi connectivity index (χ0v) is 11.4. The smallest absolute Gasteiger partial charge is 0.127 e. The third-order valence-corrected chi connectivity index (χ3v) is 5.21. The van der Waals surface area contributed by atoms with E-state index in [1.54, 1.807) is 0 Å². The van der Waals surface area contributed by atoms with Gasteiger partial charge in [0.25, 0.3) is 0 Å². The third-order valence-electron chi connectivity index (χ3n) is 5.21. The molecule has 1 N–H and O–H groups in total. The second-order valence-corrected chi connectivity index (χ2v) is 6.10. The summed E-state index contributed by atoms with van der Waals surface area (Å²) in [6, 6.07) is 0. The van der Waals surface area contributed by atoms with Crippen LogP contribution in [-0.4, -0.2) is 24.9 Å². The number of hydrogen-bond donors (Lipinski definition) is 1. The second-order valence-electron chi connectivity index (χ2n) is 6.10. The standard InChI is InChI=1S/C16H20O3/c1-10-11-3-7-19-15(11)13(12-4-8-18-14(10)12)16(9-17)5-2-6-16/h17H,2-9H2,1H3. The molecule has 2 aliphatic heterocycles. The van der Waals surface area contributed by atoms with Crippen LogP contribution < -0.4 is 9.47 Å². The van der Waals surface area contributed by atoms with Crippen molar-refractivity contribution in [1.29, 1.82) is 0 Å². The van der Waals surface area contributed by atoms with Gasteiger partial charge in [-0.3, -0.25) is 0 Å². The van der Waals surface area contributed by atoms with E-state index in [-0.39, 0.29) is 12.0 Å². The highest BCUT2D eigenvalue weighted by atomic mass is 16.5. The molecular weight excluding hydrogens is 240 g/mol. The SMILES string of the molecule is Cc1c2c(c(C3(CO)CCC3)c3c1OCC3)OCC2. The summed E-state index contributed by atoms with van der Waals surface area (Å²) in [5.41, 5.74) is 5.12. The van der Waals surface area contributed by atoms with Crippen molar-refractivity contribution in [3.8, 4) is 11.5 Å². The molecule has 1 saturated carbocycles. The average molecular weight is 260 g/mol. The fourth-order valence-corrected chi connectivity index (χ4v) is 3.99. The average Bonchev–Trinajstić information content (AvgIpc) is 3.01. The molecule has 2 heterocycles. The Balaban J connectivity index is 2.00. The third kappa shape index (κ3) is 1.37. The summed E-state index contributed by atoms with van der Waals surface area (Å²) < 4.78 is 11.8. The molecular formula is C16H20O3. The fourth-order valence-electron chi connectivity index (χ4n) is 3.99. The highest BCUT2D eigenvalue weighted by molar-refractivity contribution is 5.64. The summed E-state index contributed by atoms with van der Waals surface area (Å²) in [5.74, 6) is 2.16. The molecule has 0 atom stereocenters. The number of hydrogen-bond acceptors (Lipinski definition) is 3. The van der Waals surface area contributed by atoms with Crippen LogP contribution in [-0.2, 0) is 18.3 Å². The van der Waals surface area contributed by atoms with E-state index < -0.39 is 0 Å². The van der Waals surface area contributed by atoms with Crippen LogP contribution in [0.1, 0.15) is 41.5 Å². The number of rotatable bonds is 2. The van der Waals surface area contributed by atoms with E-state index in [9.17, 15) is 5.11 Å². The van der Waals surface area contributed by atoms with Crippen molar-refractivity contribution in [3.05, 3.63) is 22.3 Å². The van der Waals surface area contributed by atoms with Crippen LogP contribution in [0.5, 0.6) is 11.5 Å². The first-order chi connectivity index (χ1) is 9.27. The first-order valence-electron chi connectivity index (χ1n) is 7.32. The number of benzene rings is 1. The van der Waals surface area contributed by atoms with Crippen LogP contribution in [0.15, 0.2) is 0 Å². The van der Waals surface area contributed by atoms with E-state index in [0.29, 0.717) is 0 Å². The van der Waals surface area contributed by atoms with E-state index in [2.05, 4.69) is 6.92 Å². The van der Waals surface area contributed by atoms with E-state index in [0.717, 1.165) is 50.4 Å². The Morgan fingerprint density at radius 3 is 2.37 bits per heavy atom. The summed E-state index contributed by atoms with van der Waals surface area (Å²) in [6.45, 7) is 3.92. The molecule has 3 heteroatoms. The Hall–Kier alpha value is -1.22. The molecule has 0 spiro atoms. The Labute approximate surface area is 113 Å². The lowest BCUT2D eigenvalue weighted by molar-refractivity contribution is 0.116. The lowest BCUT2D eigenvalue weighted by Crippen LogP contribution is -2.39. The van der Waals surface area contributed by atoms with Crippen molar-refractivity contribution in [1.82, 2.24) is 0 Å². The van der Waals surface area contributed by atoms with Gasteiger partial charge >= 0.3 is 0 Å². The van der Waals surface area contributed by atoms with Crippen molar-refractivity contribution < 1.29 is 14.6 Å². The maximum absolute atomic E-state index is 9.93. The Morgan fingerprint density at radius 2 is 1.74 bits per heavy atom. The van der Waals surface area contributed by atoms with Gasteiger partial charge in [-0.05, 0) is 25.3 Å². The van der Waals surface area contributed by atoms with Crippen molar-refractivity contribution >= 4 is 0 Å². The predicted octanol–water partition coefficient (Wildman–Crippen LogP) is 2.28. The molecule has 102 valence electrons. The van der Waals surface area contributed by atoms with Crippen molar-refractivity contribution in [3.63, 3.8) is 0 Å². The molecule has 1 aromatic rings. The van der Waals surface area contributed by atoms with E-state index in [4.69, 9.17) is 9.47 Å². The van der Waals surface area contributed by atoms with Crippen molar-refractivity contribution in [2.75, 3.05) is 19.8 Å². The van der Waals surface area contributed by atoms with Crippen molar-refractivity contribution in [2.24, 2.45) is 0 Å². The van der Waals surface area contributed by atoms with E-state index in [1.165, 1.54) is 28.7 Å². The van der Waals surface area contributed by atoms with Crippen LogP contribution in [0, 0.1) is 6.92 Å². The van der Waals surface area contributed by atoms with Gasteiger partial charge in [0.15, 0.2) is 0 Å². The predicted molar refractivity (Wildman–Crippen MR) is 72.2 cm³/mol. The molecule has 1 fully saturated rings. The van der Waals surface area contributed by atoms with E-state index >= 15 is 0 Å². The summed E-state index contributed by atoms with van der Waals surface area (Å²) in [5, 5.41) is 9.93. The zero-order valence-electron chi connectivity index (χ0n) is 11.4. The molecule has 0 amide bonds. The van der Waals surface area contributed by atoms with Gasteiger partial charge in [0.1, 0.15) is 11.5 Å². The Bertz CT molecular complexity index is 503. The number of aliphatic hydroxyl groups excluding tert-OH is 1. The van der Waals surface area contributed by atoms with Crippen molar-refractivity contribution in [2.45, 2.75) is 44.4 Å². The minimum Gasteiger partial charge on any atom is -0.493 e. The Morgan fingerprint density at radius 1 is 1.05 bits per heavy atom. The van der Waals surface area contributed by atoms with Gasteiger partial charge < -0.3 is 14.6 Å². The first kappa shape index (κ1) is 11.6. The molecule has 1 aromatic carbocycles. The number of aliphatic hydroxyl groups is 1. The number of ether oxygens (including phenoxy) is 2. The highest BCUT2D eigenvalue weighted by Crippen LogP contribution is 2.54. The molecule has 1 aliphatic carbocycles. The molecule has 0 saturated heterocycles. The molecule has 0 unspecified atom stereocenters. The maximum Gasteiger partial charge on any atom is 0.127 e. The molecule has 0 bridgehead atoms. The number of fused-ring (bicyclic) bond motifs is 2. The second kappa shape index (κ2) is 3.89. The minimum absolute atomic E-state index is 0.0556. The van der Waals surface area contributed by atoms with E-state index in [1.807, 2.05) is 0 Å². The molecule has 3 aliphatic rings. The quantitative estimate of drug-likeness (QED) is 0.886. The first-order valence-corrected chi connectivity index (χ1v) is 7.32. The summed E-state index contributed by atoms with van der Waals surface area (Å²) >= 11 is 0. The zero-order chi connectivity index (χ0) is 13.0. The fraction of sp³-hybridized carbons (Fsp3) is 0.625. The van der Waals surface area contributed by atoms with Gasteiger partial charge in [-0.1, -0.05) is 6.42 Å². The van der Waals surface area contributed by atoms with Crippen LogP contribution >= 0.6 is 0 Å². The van der Waals surface area contributed by atoms with Gasteiger partial charge in [0, 0.05) is 34.9 Å². The molecule has 19 heavy (non-hydrogen) atoms. The molecule has 0 aromatic heterocycles. The van der Waals surface area contributed by atoms with Crippen LogP contribution in [0.4, 0.5) is 0 Å². The van der Waals surface area contributed by atoms with Crippen LogP contribution in [0.3, 0.4) is 0 Å². The topological polar surface area (TPSA) is 38.7 Å². The van der Waals surface area contributed by atoms with Crippen LogP contribution in [0.25, 0.3) is 0 Å². The molecule has 3 nitrogen and oxygen atoms in total. The van der Waals surface area contributed by atoms with Gasteiger partial charge in [0.2, 0.25) is 0 Å². The van der Waals surface area contributed by atoms with Gasteiger partial charge in [-0.2, -0.15) is 0 Å². The molecule has 4 rings (SSSR count). The summed E-state index contributed by atoms with van der Waals surface area (Å²) in [4.78, 5) is 0. The molecule has 0 radical (unpaired) electrons. The Kier molecular flexibility index (Phi) is 2.37. The summed E-state index contributed by atoms with van der Waals surface area (Å²) in [6.07, 6.45) is 5.30. The monoisotopic (exact) mass is 260 g/mol. The largest absolute Gasteiger partial charge is 0.493 e. The maximum atomic E-state index is 9.93. The van der Waals surface area contributed by atoms with Crippen LogP contribution in [0.2, 0.25) is 0 Å². The minimum atomic E-state index is -0.0556. The summed E-state index contributed by atoms with van der Waals surface area (Å²) in [7, 11) is 0. The lowest BCUT2D eigenvalue weighted by atomic mass is 9.63.